The van der Waals surface area contributed by atoms with Gasteiger partial charge in [-0.1, -0.05) is 43.7 Å². The SMILES string of the molecule is O=C(CCc1ncc(-c2ccc(Cl)cc2)o1)N1CCN(C(=O)CCC2CCCCC2)CC1. The molecule has 1 aliphatic carbocycles. The second-order valence-electron chi connectivity index (χ2n) is 8.93. The topological polar surface area (TPSA) is 66.7 Å². The number of oxazole rings is 1. The number of halogens is 1. The third-order valence-corrected chi connectivity index (χ3v) is 6.96. The summed E-state index contributed by atoms with van der Waals surface area (Å²) in [6.07, 6.45) is 10.7. The van der Waals surface area contributed by atoms with Gasteiger partial charge in [0.2, 0.25) is 11.8 Å². The molecule has 1 aromatic carbocycles. The fourth-order valence-corrected chi connectivity index (χ4v) is 4.84. The van der Waals surface area contributed by atoms with Gasteiger partial charge in [0.15, 0.2) is 11.7 Å². The Morgan fingerprint density at radius 1 is 0.938 bits per heavy atom. The highest BCUT2D eigenvalue weighted by Gasteiger charge is 2.25. The predicted molar refractivity (Wildman–Crippen MR) is 124 cm³/mol. The van der Waals surface area contributed by atoms with Crippen LogP contribution in [0.4, 0.5) is 0 Å². The maximum absolute atomic E-state index is 12.6. The van der Waals surface area contributed by atoms with E-state index in [1.165, 1.54) is 32.1 Å². The molecule has 2 aliphatic rings. The zero-order chi connectivity index (χ0) is 22.3. The largest absolute Gasteiger partial charge is 0.441 e. The molecule has 172 valence electrons. The summed E-state index contributed by atoms with van der Waals surface area (Å²) in [6.45, 7) is 2.48. The van der Waals surface area contributed by atoms with Crippen LogP contribution in [0.1, 0.15) is 57.3 Å². The van der Waals surface area contributed by atoms with Crippen molar-refractivity contribution in [3.63, 3.8) is 0 Å². The van der Waals surface area contributed by atoms with Gasteiger partial charge in [-0.2, -0.15) is 0 Å². The number of carbonyl (C=O) groups is 2. The lowest BCUT2D eigenvalue weighted by Gasteiger charge is -2.35. The van der Waals surface area contributed by atoms with E-state index in [0.717, 1.165) is 17.9 Å². The van der Waals surface area contributed by atoms with Gasteiger partial charge in [0.05, 0.1) is 6.20 Å². The first-order valence-corrected chi connectivity index (χ1v) is 12.2. The van der Waals surface area contributed by atoms with Gasteiger partial charge < -0.3 is 14.2 Å². The molecule has 1 aromatic heterocycles. The number of carbonyl (C=O) groups excluding carboxylic acids is 2. The van der Waals surface area contributed by atoms with Gasteiger partial charge in [0.25, 0.3) is 0 Å². The van der Waals surface area contributed by atoms with Gasteiger partial charge in [-0.15, -0.1) is 0 Å². The smallest absolute Gasteiger partial charge is 0.223 e. The van der Waals surface area contributed by atoms with E-state index in [4.69, 9.17) is 16.0 Å². The molecule has 0 N–H and O–H groups in total. The van der Waals surface area contributed by atoms with E-state index in [-0.39, 0.29) is 11.8 Å². The Morgan fingerprint density at radius 2 is 1.56 bits per heavy atom. The minimum Gasteiger partial charge on any atom is -0.441 e. The number of amides is 2. The molecule has 1 saturated carbocycles. The summed E-state index contributed by atoms with van der Waals surface area (Å²) >= 11 is 5.93. The van der Waals surface area contributed by atoms with Crippen molar-refractivity contribution in [2.45, 2.75) is 57.8 Å². The van der Waals surface area contributed by atoms with Crippen molar-refractivity contribution in [2.24, 2.45) is 5.92 Å². The van der Waals surface area contributed by atoms with Crippen molar-refractivity contribution in [3.8, 4) is 11.3 Å². The number of aromatic nitrogens is 1. The quantitative estimate of drug-likeness (QED) is 0.589. The maximum atomic E-state index is 12.6. The molecule has 0 bridgehead atoms. The summed E-state index contributed by atoms with van der Waals surface area (Å²) in [6, 6.07) is 7.38. The van der Waals surface area contributed by atoms with Crippen LogP contribution in [0.3, 0.4) is 0 Å². The number of hydrogen-bond donors (Lipinski definition) is 0. The molecule has 4 rings (SSSR count). The lowest BCUT2D eigenvalue weighted by atomic mass is 9.86. The molecule has 0 atom stereocenters. The summed E-state index contributed by atoms with van der Waals surface area (Å²) in [5, 5.41) is 0.671. The monoisotopic (exact) mass is 457 g/mol. The normalized spacial score (nSPS) is 17.5. The molecule has 0 unspecified atom stereocenters. The first kappa shape index (κ1) is 22.8. The van der Waals surface area contributed by atoms with Crippen molar-refractivity contribution in [1.82, 2.24) is 14.8 Å². The molecule has 2 amide bonds. The molecule has 6 nitrogen and oxygen atoms in total. The summed E-state index contributed by atoms with van der Waals surface area (Å²) in [4.78, 5) is 33.3. The maximum Gasteiger partial charge on any atom is 0.223 e. The summed E-state index contributed by atoms with van der Waals surface area (Å²) in [7, 11) is 0. The predicted octanol–water partition coefficient (Wildman–Crippen LogP) is 4.96. The van der Waals surface area contributed by atoms with E-state index in [1.807, 2.05) is 34.1 Å². The summed E-state index contributed by atoms with van der Waals surface area (Å²) < 4.78 is 5.79. The van der Waals surface area contributed by atoms with E-state index < -0.39 is 0 Å². The fraction of sp³-hybridized carbons (Fsp3) is 0.560. The first-order chi connectivity index (χ1) is 15.6. The van der Waals surface area contributed by atoms with Gasteiger partial charge in [0, 0.05) is 56.0 Å². The Labute approximate surface area is 194 Å². The molecule has 1 aliphatic heterocycles. The zero-order valence-electron chi connectivity index (χ0n) is 18.6. The lowest BCUT2D eigenvalue weighted by molar-refractivity contribution is -0.139. The Kier molecular flexibility index (Phi) is 7.85. The van der Waals surface area contributed by atoms with E-state index in [2.05, 4.69) is 4.98 Å². The van der Waals surface area contributed by atoms with E-state index >= 15 is 0 Å². The van der Waals surface area contributed by atoms with Gasteiger partial charge in [-0.05, 0) is 36.6 Å². The second kappa shape index (κ2) is 11.0. The first-order valence-electron chi connectivity index (χ1n) is 11.8. The van der Waals surface area contributed by atoms with Crippen LogP contribution in [0.5, 0.6) is 0 Å². The molecule has 32 heavy (non-hydrogen) atoms. The van der Waals surface area contributed by atoms with Crippen molar-refractivity contribution < 1.29 is 14.0 Å². The van der Waals surface area contributed by atoms with Crippen molar-refractivity contribution >= 4 is 23.4 Å². The molecular weight excluding hydrogens is 426 g/mol. The van der Waals surface area contributed by atoms with Gasteiger partial charge in [0.1, 0.15) is 0 Å². The molecule has 1 saturated heterocycles. The van der Waals surface area contributed by atoms with Crippen LogP contribution in [0.2, 0.25) is 5.02 Å². The Hall–Kier alpha value is -2.34. The average molecular weight is 458 g/mol. The highest BCUT2D eigenvalue weighted by molar-refractivity contribution is 6.30. The van der Waals surface area contributed by atoms with Crippen LogP contribution in [0.15, 0.2) is 34.9 Å². The fourth-order valence-electron chi connectivity index (χ4n) is 4.71. The third-order valence-electron chi connectivity index (χ3n) is 6.71. The number of nitrogens with zero attached hydrogens (tertiary/aromatic N) is 3. The van der Waals surface area contributed by atoms with E-state index in [0.29, 0.717) is 62.1 Å². The van der Waals surface area contributed by atoms with Crippen LogP contribution >= 0.6 is 11.6 Å². The third kappa shape index (κ3) is 6.12. The Morgan fingerprint density at radius 3 is 2.22 bits per heavy atom. The standard InChI is InChI=1S/C25H32ClN3O3/c26-21-9-7-20(8-10-21)22-18-27-23(32-22)11-13-25(31)29-16-14-28(15-17-29)24(30)12-6-19-4-2-1-3-5-19/h7-10,18-19H,1-6,11-17H2. The van der Waals surface area contributed by atoms with Gasteiger partial charge >= 0.3 is 0 Å². The summed E-state index contributed by atoms with van der Waals surface area (Å²) in [5.74, 6) is 2.29. The number of rotatable bonds is 7. The molecule has 2 aromatic rings. The number of hydrogen-bond acceptors (Lipinski definition) is 4. The zero-order valence-corrected chi connectivity index (χ0v) is 19.4. The molecule has 2 heterocycles. The minimum atomic E-state index is 0.0885. The summed E-state index contributed by atoms with van der Waals surface area (Å²) in [5.41, 5.74) is 0.906. The van der Waals surface area contributed by atoms with Crippen LogP contribution in [0, 0.1) is 5.92 Å². The lowest BCUT2D eigenvalue weighted by Crippen LogP contribution is -2.50. The number of aryl methyl sites for hydroxylation is 1. The van der Waals surface area contributed by atoms with E-state index in [9.17, 15) is 9.59 Å². The highest BCUT2D eigenvalue weighted by Crippen LogP contribution is 2.27. The highest BCUT2D eigenvalue weighted by atomic mass is 35.5. The average Bonchev–Trinajstić information content (AvgIpc) is 3.31. The molecule has 0 spiro atoms. The number of piperazine rings is 1. The van der Waals surface area contributed by atoms with Crippen LogP contribution in [-0.2, 0) is 16.0 Å². The van der Waals surface area contributed by atoms with Crippen molar-refractivity contribution in [2.75, 3.05) is 26.2 Å². The van der Waals surface area contributed by atoms with Crippen LogP contribution in [0.25, 0.3) is 11.3 Å². The van der Waals surface area contributed by atoms with E-state index in [1.54, 1.807) is 6.20 Å². The minimum absolute atomic E-state index is 0.0885. The molecule has 2 fully saturated rings. The molecule has 7 heteroatoms. The van der Waals surface area contributed by atoms with Gasteiger partial charge in [-0.3, -0.25) is 9.59 Å². The molecular formula is C25H32ClN3O3. The molecule has 0 radical (unpaired) electrons. The number of benzene rings is 1. The van der Waals surface area contributed by atoms with Gasteiger partial charge in [-0.25, -0.2) is 4.98 Å². The second-order valence-corrected chi connectivity index (χ2v) is 9.37. The Bertz CT molecular complexity index is 897. The van der Waals surface area contributed by atoms with Crippen molar-refractivity contribution in [1.29, 1.82) is 0 Å². The van der Waals surface area contributed by atoms with Crippen LogP contribution < -0.4 is 0 Å². The Balaban J connectivity index is 1.18. The van der Waals surface area contributed by atoms with Crippen LogP contribution in [-0.4, -0.2) is 52.8 Å². The van der Waals surface area contributed by atoms with Crippen molar-refractivity contribution in [3.05, 3.63) is 41.4 Å².